The zero-order valence-electron chi connectivity index (χ0n) is 11.4. The molecule has 1 amide bonds. The number of benzene rings is 1. The Kier molecular flexibility index (Phi) is 4.99. The molecule has 20 heavy (non-hydrogen) atoms. The molecule has 1 aliphatic heterocycles. The summed E-state index contributed by atoms with van der Waals surface area (Å²) in [7, 11) is 1.68. The number of hydrogen-bond donors (Lipinski definition) is 2. The summed E-state index contributed by atoms with van der Waals surface area (Å²) in [6.45, 7) is 1.62. The van der Waals surface area contributed by atoms with E-state index in [2.05, 4.69) is 26.1 Å². The molecule has 108 valence electrons. The molecule has 1 heterocycles. The van der Waals surface area contributed by atoms with E-state index in [9.17, 15) is 4.79 Å². The summed E-state index contributed by atoms with van der Waals surface area (Å²) < 4.78 is 0.893. The molecule has 1 saturated heterocycles. The van der Waals surface area contributed by atoms with Gasteiger partial charge in [-0.05, 0) is 40.9 Å². The lowest BCUT2D eigenvalue weighted by molar-refractivity contribution is -0.124. The first-order valence-corrected chi connectivity index (χ1v) is 7.79. The van der Waals surface area contributed by atoms with E-state index in [0.717, 1.165) is 35.1 Å². The van der Waals surface area contributed by atoms with Gasteiger partial charge in [0.05, 0.1) is 5.92 Å². The Bertz CT molecular complexity index is 535. The van der Waals surface area contributed by atoms with E-state index >= 15 is 0 Å². The Morgan fingerprint density at radius 3 is 2.95 bits per heavy atom. The van der Waals surface area contributed by atoms with Crippen LogP contribution in [0.15, 0.2) is 22.7 Å². The molecule has 1 aromatic carbocycles. The van der Waals surface area contributed by atoms with Gasteiger partial charge in [0.2, 0.25) is 5.91 Å². The van der Waals surface area contributed by atoms with Crippen molar-refractivity contribution in [3.63, 3.8) is 0 Å². The quantitative estimate of drug-likeness (QED) is 0.814. The van der Waals surface area contributed by atoms with Crippen LogP contribution in [0, 0.1) is 5.92 Å². The van der Waals surface area contributed by atoms with Crippen LogP contribution in [0.4, 0.5) is 5.69 Å². The van der Waals surface area contributed by atoms with E-state index in [4.69, 9.17) is 18.0 Å². The molecule has 1 aromatic rings. The monoisotopic (exact) mass is 355 g/mol. The fourth-order valence-electron chi connectivity index (χ4n) is 2.63. The van der Waals surface area contributed by atoms with Gasteiger partial charge in [0.25, 0.3) is 0 Å². The third-order valence-corrected chi connectivity index (χ3v) is 4.48. The number of rotatable bonds is 3. The van der Waals surface area contributed by atoms with Gasteiger partial charge in [0, 0.05) is 35.9 Å². The molecule has 1 unspecified atom stereocenters. The molecule has 1 fully saturated rings. The highest BCUT2D eigenvalue weighted by molar-refractivity contribution is 9.10. The van der Waals surface area contributed by atoms with Crippen LogP contribution in [0.2, 0.25) is 0 Å². The maximum atomic E-state index is 11.8. The van der Waals surface area contributed by atoms with Crippen LogP contribution in [-0.2, 0) is 4.79 Å². The maximum absolute atomic E-state index is 11.8. The molecular weight excluding hydrogens is 338 g/mol. The second-order valence-corrected chi connectivity index (χ2v) is 6.19. The molecule has 4 nitrogen and oxygen atoms in total. The Morgan fingerprint density at radius 2 is 2.30 bits per heavy atom. The average molecular weight is 356 g/mol. The number of halogens is 1. The maximum Gasteiger partial charge on any atom is 0.224 e. The molecule has 3 N–H and O–H groups in total. The third-order valence-electron chi connectivity index (χ3n) is 3.62. The number of nitrogens with zero attached hydrogens (tertiary/aromatic N) is 1. The van der Waals surface area contributed by atoms with Crippen molar-refractivity contribution in [2.75, 3.05) is 25.0 Å². The van der Waals surface area contributed by atoms with Crippen molar-refractivity contribution < 1.29 is 4.79 Å². The summed E-state index contributed by atoms with van der Waals surface area (Å²) in [6, 6.07) is 5.90. The van der Waals surface area contributed by atoms with Crippen molar-refractivity contribution in [3.8, 4) is 0 Å². The van der Waals surface area contributed by atoms with Crippen LogP contribution >= 0.6 is 28.1 Å². The lowest BCUT2D eigenvalue weighted by atomic mass is 9.96. The molecule has 0 spiro atoms. The zero-order chi connectivity index (χ0) is 14.7. The van der Waals surface area contributed by atoms with Gasteiger partial charge in [-0.1, -0.05) is 18.3 Å². The first-order valence-electron chi connectivity index (χ1n) is 6.59. The van der Waals surface area contributed by atoms with Gasteiger partial charge in [-0.25, -0.2) is 0 Å². The van der Waals surface area contributed by atoms with E-state index in [1.807, 2.05) is 18.2 Å². The second kappa shape index (κ2) is 6.54. The summed E-state index contributed by atoms with van der Waals surface area (Å²) in [5.41, 5.74) is 7.69. The molecule has 6 heteroatoms. The SMILES string of the molecule is CNC(=O)C1CCCN(c2cccc(Br)c2C(N)=S)C1. The standard InChI is InChI=1S/C14H18BrN3OS/c1-17-14(19)9-4-3-7-18(8-9)11-6-2-5-10(15)12(11)13(16)20/h2,5-6,9H,3-4,7-8H2,1H3,(H2,16,20)(H,17,19). The minimum Gasteiger partial charge on any atom is -0.389 e. The van der Waals surface area contributed by atoms with Crippen molar-refractivity contribution in [2.24, 2.45) is 11.7 Å². The number of anilines is 1. The van der Waals surface area contributed by atoms with Gasteiger partial charge in [-0.3, -0.25) is 4.79 Å². The lowest BCUT2D eigenvalue weighted by Crippen LogP contribution is -2.42. The Morgan fingerprint density at radius 1 is 1.55 bits per heavy atom. The van der Waals surface area contributed by atoms with Gasteiger partial charge >= 0.3 is 0 Å². The predicted octanol–water partition coefficient (Wildman–Crippen LogP) is 2.05. The minimum atomic E-state index is 0.0203. The lowest BCUT2D eigenvalue weighted by Gasteiger charge is -2.34. The number of amides is 1. The number of carbonyl (C=O) groups is 1. The van der Waals surface area contributed by atoms with E-state index < -0.39 is 0 Å². The van der Waals surface area contributed by atoms with Crippen molar-refractivity contribution in [3.05, 3.63) is 28.2 Å². The topological polar surface area (TPSA) is 58.4 Å². The van der Waals surface area contributed by atoms with Crippen LogP contribution in [0.1, 0.15) is 18.4 Å². The third kappa shape index (κ3) is 3.12. The Labute approximate surface area is 132 Å². The van der Waals surface area contributed by atoms with Crippen LogP contribution < -0.4 is 16.0 Å². The summed E-state index contributed by atoms with van der Waals surface area (Å²) in [6.07, 6.45) is 1.91. The first-order chi connectivity index (χ1) is 9.54. The summed E-state index contributed by atoms with van der Waals surface area (Å²) >= 11 is 8.65. The summed E-state index contributed by atoms with van der Waals surface area (Å²) in [4.78, 5) is 14.4. The highest BCUT2D eigenvalue weighted by atomic mass is 79.9. The molecule has 1 atom stereocenters. The van der Waals surface area contributed by atoms with E-state index in [-0.39, 0.29) is 11.8 Å². The number of nitrogens with one attached hydrogen (secondary N) is 1. The summed E-state index contributed by atoms with van der Waals surface area (Å²) in [5, 5.41) is 2.73. The highest BCUT2D eigenvalue weighted by Gasteiger charge is 2.27. The zero-order valence-corrected chi connectivity index (χ0v) is 13.8. The molecule has 0 aromatic heterocycles. The fourth-order valence-corrected chi connectivity index (χ4v) is 3.55. The number of thiocarbonyl (C=S) groups is 1. The predicted molar refractivity (Wildman–Crippen MR) is 89.0 cm³/mol. The van der Waals surface area contributed by atoms with Gasteiger partial charge in [-0.15, -0.1) is 0 Å². The van der Waals surface area contributed by atoms with Gasteiger partial charge < -0.3 is 16.0 Å². The number of nitrogens with two attached hydrogens (primary N) is 1. The fraction of sp³-hybridized carbons (Fsp3) is 0.429. The molecular formula is C14H18BrN3OS. The van der Waals surface area contributed by atoms with Gasteiger partial charge in [0.1, 0.15) is 4.99 Å². The molecule has 0 radical (unpaired) electrons. The van der Waals surface area contributed by atoms with Crippen molar-refractivity contribution in [1.82, 2.24) is 5.32 Å². The van der Waals surface area contributed by atoms with E-state index in [1.165, 1.54) is 0 Å². The number of hydrogen-bond acceptors (Lipinski definition) is 3. The molecule has 0 bridgehead atoms. The van der Waals surface area contributed by atoms with Gasteiger partial charge in [-0.2, -0.15) is 0 Å². The van der Waals surface area contributed by atoms with Crippen LogP contribution in [0.5, 0.6) is 0 Å². The largest absolute Gasteiger partial charge is 0.389 e. The molecule has 1 aliphatic rings. The van der Waals surface area contributed by atoms with Crippen molar-refractivity contribution in [1.29, 1.82) is 0 Å². The van der Waals surface area contributed by atoms with Crippen LogP contribution in [0.25, 0.3) is 0 Å². The molecule has 2 rings (SSSR count). The smallest absolute Gasteiger partial charge is 0.224 e. The number of piperidine rings is 1. The highest BCUT2D eigenvalue weighted by Crippen LogP contribution is 2.31. The first kappa shape index (κ1) is 15.3. The van der Waals surface area contributed by atoms with Crippen molar-refractivity contribution >= 4 is 44.7 Å². The summed E-state index contributed by atoms with van der Waals surface area (Å²) in [5.74, 6) is 0.119. The average Bonchev–Trinajstić information content (AvgIpc) is 2.45. The normalized spacial score (nSPS) is 18.7. The van der Waals surface area contributed by atoms with E-state index in [1.54, 1.807) is 7.05 Å². The van der Waals surface area contributed by atoms with Gasteiger partial charge in [0.15, 0.2) is 0 Å². The van der Waals surface area contributed by atoms with Crippen molar-refractivity contribution in [2.45, 2.75) is 12.8 Å². The van der Waals surface area contributed by atoms with Crippen LogP contribution in [-0.4, -0.2) is 31.0 Å². The van der Waals surface area contributed by atoms with E-state index in [0.29, 0.717) is 11.5 Å². The Balaban J connectivity index is 2.30. The minimum absolute atomic E-state index is 0.0203. The number of carbonyl (C=O) groups excluding carboxylic acids is 1. The van der Waals surface area contributed by atoms with Crippen LogP contribution in [0.3, 0.4) is 0 Å². The Hall–Kier alpha value is -1.14. The molecule has 0 aliphatic carbocycles. The second-order valence-electron chi connectivity index (χ2n) is 4.90. The molecule has 0 saturated carbocycles.